The van der Waals surface area contributed by atoms with Crippen molar-refractivity contribution in [2.75, 3.05) is 0 Å². The van der Waals surface area contributed by atoms with E-state index < -0.39 is 39.4 Å². The highest BCUT2D eigenvalue weighted by Gasteiger charge is 2.42. The summed E-state index contributed by atoms with van der Waals surface area (Å²) in [5.74, 6) is -2.76. The molecule has 0 fully saturated rings. The van der Waals surface area contributed by atoms with Gasteiger partial charge in [0.25, 0.3) is 0 Å². The molecule has 198 valence electrons. The summed E-state index contributed by atoms with van der Waals surface area (Å²) >= 11 is 6.29. The second kappa shape index (κ2) is 10.3. The second-order valence-electron chi connectivity index (χ2n) is 9.13. The van der Waals surface area contributed by atoms with Crippen molar-refractivity contribution in [3.8, 4) is 11.4 Å². The standard InChI is InChI=1S/C26H24ClF2N5O4/c1-5-15-11-31-19(18-6-7-30-25(33-18)26(3,4)36)10-21(15)34(37)14(2)8-22(23(27)24(34)35)38-13-20-17(29)9-16(28)12-32-20/h6-12,36H,5,13H2,1-4H3. The van der Waals surface area contributed by atoms with E-state index in [1.165, 1.54) is 45.3 Å². The van der Waals surface area contributed by atoms with Gasteiger partial charge >= 0.3 is 5.91 Å². The second-order valence-corrected chi connectivity index (χ2v) is 9.50. The molecule has 0 aliphatic carbocycles. The maximum absolute atomic E-state index is 14.2. The molecule has 4 rings (SSSR count). The van der Waals surface area contributed by atoms with Crippen LogP contribution in [0.3, 0.4) is 0 Å². The van der Waals surface area contributed by atoms with E-state index >= 15 is 0 Å². The third-order valence-corrected chi connectivity index (χ3v) is 6.27. The van der Waals surface area contributed by atoms with Crippen LogP contribution in [0.1, 0.15) is 44.8 Å². The lowest BCUT2D eigenvalue weighted by molar-refractivity contribution is -0.122. The van der Waals surface area contributed by atoms with Gasteiger partial charge in [-0.3, -0.25) is 9.97 Å². The minimum atomic E-state index is -1.53. The van der Waals surface area contributed by atoms with Crippen LogP contribution in [-0.2, 0) is 28.2 Å². The lowest BCUT2D eigenvalue weighted by atomic mass is 10.1. The van der Waals surface area contributed by atoms with Gasteiger partial charge in [0, 0.05) is 43.1 Å². The molecule has 1 amide bonds. The Labute approximate surface area is 222 Å². The van der Waals surface area contributed by atoms with Gasteiger partial charge in [-0.1, -0.05) is 18.5 Å². The first kappa shape index (κ1) is 27.4. The molecule has 38 heavy (non-hydrogen) atoms. The molecule has 0 saturated carbocycles. The molecule has 0 saturated heterocycles. The van der Waals surface area contributed by atoms with Crippen molar-refractivity contribution in [3.05, 3.63) is 93.3 Å². The Morgan fingerprint density at radius 1 is 1.16 bits per heavy atom. The molecule has 1 aliphatic rings. The average molecular weight is 544 g/mol. The topological polar surface area (TPSA) is 121 Å². The van der Waals surface area contributed by atoms with Crippen LogP contribution in [0.5, 0.6) is 0 Å². The number of pyridine rings is 2. The molecule has 1 atom stereocenters. The summed E-state index contributed by atoms with van der Waals surface area (Å²) in [4.78, 5) is 29.9. The van der Waals surface area contributed by atoms with Crippen molar-refractivity contribution in [2.45, 2.75) is 46.3 Å². The van der Waals surface area contributed by atoms with E-state index in [-0.39, 0.29) is 28.7 Å². The van der Waals surface area contributed by atoms with Gasteiger partial charge < -0.3 is 15.1 Å². The first-order valence-corrected chi connectivity index (χ1v) is 12.0. The summed E-state index contributed by atoms with van der Waals surface area (Å²) in [5.41, 5.74) is -0.239. The molecule has 4 heterocycles. The molecule has 1 unspecified atom stereocenters. The van der Waals surface area contributed by atoms with E-state index in [0.29, 0.717) is 29.4 Å². The van der Waals surface area contributed by atoms with Crippen LogP contribution >= 0.6 is 11.6 Å². The zero-order valence-electron chi connectivity index (χ0n) is 21.0. The predicted molar refractivity (Wildman–Crippen MR) is 136 cm³/mol. The van der Waals surface area contributed by atoms with Crippen molar-refractivity contribution < 1.29 is 23.4 Å². The van der Waals surface area contributed by atoms with Gasteiger partial charge in [0.2, 0.25) is 0 Å². The van der Waals surface area contributed by atoms with E-state index in [9.17, 15) is 23.9 Å². The summed E-state index contributed by atoms with van der Waals surface area (Å²) in [6, 6.07) is 3.69. The van der Waals surface area contributed by atoms with Crippen molar-refractivity contribution in [1.82, 2.24) is 24.6 Å². The van der Waals surface area contributed by atoms with E-state index in [0.717, 1.165) is 6.20 Å². The number of hydrogen-bond acceptors (Lipinski definition) is 8. The van der Waals surface area contributed by atoms with E-state index in [2.05, 4.69) is 19.9 Å². The molecular formula is C26H24ClF2N5O4. The van der Waals surface area contributed by atoms with Crippen LogP contribution in [0.25, 0.3) is 11.4 Å². The Kier molecular flexibility index (Phi) is 7.39. The highest BCUT2D eigenvalue weighted by molar-refractivity contribution is 6.44. The molecule has 0 bridgehead atoms. The third kappa shape index (κ3) is 5.05. The molecule has 0 radical (unpaired) electrons. The van der Waals surface area contributed by atoms with Crippen LogP contribution in [0, 0.1) is 16.8 Å². The number of rotatable bonds is 7. The number of allylic oxidation sites excluding steroid dienone is 2. The van der Waals surface area contributed by atoms with Crippen molar-refractivity contribution in [3.63, 3.8) is 0 Å². The summed E-state index contributed by atoms with van der Waals surface area (Å²) in [6.07, 6.45) is 5.48. The van der Waals surface area contributed by atoms with Crippen LogP contribution < -0.4 is 4.65 Å². The monoisotopic (exact) mass is 543 g/mol. The minimum Gasteiger partial charge on any atom is -0.614 e. The van der Waals surface area contributed by atoms with E-state index in [1.54, 1.807) is 6.07 Å². The van der Waals surface area contributed by atoms with Crippen molar-refractivity contribution >= 4 is 23.2 Å². The molecule has 1 N–H and O–H groups in total. The zero-order chi connectivity index (χ0) is 27.8. The SMILES string of the molecule is CCc1cnc(-c2ccnc(C(C)(C)O)n2)cc1[N+]1([O-])C(=O)C(Cl)=C(OCc2ncc(F)cc2F)C=C1C. The first-order valence-electron chi connectivity index (χ1n) is 11.6. The fourth-order valence-electron chi connectivity index (χ4n) is 3.82. The maximum Gasteiger partial charge on any atom is 0.370 e. The van der Waals surface area contributed by atoms with Crippen LogP contribution in [0.4, 0.5) is 14.5 Å². The van der Waals surface area contributed by atoms with Crippen LogP contribution in [-0.4, -0.2) is 30.9 Å². The number of aliphatic hydroxyl groups is 1. The van der Waals surface area contributed by atoms with Gasteiger partial charge in [-0.05, 0) is 26.3 Å². The normalized spacial score (nSPS) is 18.0. The van der Waals surface area contributed by atoms with Gasteiger partial charge in [-0.2, -0.15) is 0 Å². The molecule has 3 aromatic heterocycles. The number of halogens is 3. The zero-order valence-corrected chi connectivity index (χ0v) is 21.8. The largest absolute Gasteiger partial charge is 0.614 e. The Balaban J connectivity index is 1.72. The predicted octanol–water partition coefficient (Wildman–Crippen LogP) is 4.92. The number of nitrogens with zero attached hydrogens (tertiary/aromatic N) is 5. The number of carbonyl (C=O) groups excluding carboxylic acids is 1. The third-order valence-electron chi connectivity index (χ3n) is 5.92. The van der Waals surface area contributed by atoms with Gasteiger partial charge in [-0.15, -0.1) is 0 Å². The highest BCUT2D eigenvalue weighted by Crippen LogP contribution is 2.40. The number of hydroxylamine groups is 2. The lowest BCUT2D eigenvalue weighted by Crippen LogP contribution is -2.49. The average Bonchev–Trinajstić information content (AvgIpc) is 2.88. The Hall–Kier alpha value is -3.64. The van der Waals surface area contributed by atoms with Crippen LogP contribution in [0.15, 0.2) is 59.4 Å². The molecule has 1 aliphatic heterocycles. The van der Waals surface area contributed by atoms with Gasteiger partial charge in [0.15, 0.2) is 28.1 Å². The van der Waals surface area contributed by atoms with Gasteiger partial charge in [-0.25, -0.2) is 28.2 Å². The number of hydrogen-bond donors (Lipinski definition) is 1. The van der Waals surface area contributed by atoms with Crippen molar-refractivity contribution in [1.29, 1.82) is 0 Å². The summed E-state index contributed by atoms with van der Waals surface area (Å²) < 4.78 is 31.1. The smallest absolute Gasteiger partial charge is 0.370 e. The number of aryl methyl sites for hydroxylation is 1. The number of aromatic nitrogens is 4. The molecule has 9 nitrogen and oxygen atoms in total. The Bertz CT molecular complexity index is 1480. The number of amides is 1. The van der Waals surface area contributed by atoms with E-state index in [1.807, 2.05) is 6.92 Å². The summed E-state index contributed by atoms with van der Waals surface area (Å²) in [7, 11) is 0. The van der Waals surface area contributed by atoms with Gasteiger partial charge in [0.05, 0.1) is 17.6 Å². The van der Waals surface area contributed by atoms with Crippen molar-refractivity contribution in [2.24, 2.45) is 0 Å². The number of quaternary nitrogens is 1. The first-order chi connectivity index (χ1) is 17.9. The Morgan fingerprint density at radius 3 is 2.55 bits per heavy atom. The number of ether oxygens (including phenoxy) is 1. The Morgan fingerprint density at radius 2 is 1.89 bits per heavy atom. The van der Waals surface area contributed by atoms with Crippen LogP contribution in [0.2, 0.25) is 0 Å². The van der Waals surface area contributed by atoms with Gasteiger partial charge in [0.1, 0.15) is 29.4 Å². The maximum atomic E-state index is 14.2. The molecular weight excluding hydrogens is 520 g/mol. The quantitative estimate of drug-likeness (QED) is 0.329. The molecule has 3 aromatic rings. The molecule has 0 aromatic carbocycles. The summed E-state index contributed by atoms with van der Waals surface area (Å²) in [5, 5.41) is 24.0. The molecule has 0 spiro atoms. The summed E-state index contributed by atoms with van der Waals surface area (Å²) in [6.45, 7) is 5.90. The lowest BCUT2D eigenvalue weighted by Gasteiger charge is -2.42. The fraction of sp³-hybridized carbons (Fsp3) is 0.269. The fourth-order valence-corrected chi connectivity index (χ4v) is 4.05. The highest BCUT2D eigenvalue weighted by atomic mass is 35.5. The van der Waals surface area contributed by atoms with E-state index in [4.69, 9.17) is 16.3 Å². The minimum absolute atomic E-state index is 0.0358. The number of carbonyl (C=O) groups is 1. The molecule has 12 heteroatoms.